The molecule has 2 aromatic rings. The number of nitrogens with zero attached hydrogens (tertiary/aromatic N) is 2. The van der Waals surface area contributed by atoms with Crippen LogP contribution in [0.15, 0.2) is 41.8 Å². The number of likely N-dealkylation sites (tertiary alicyclic amines) is 1. The summed E-state index contributed by atoms with van der Waals surface area (Å²) in [4.78, 5) is 25.9. The maximum absolute atomic E-state index is 12.5. The summed E-state index contributed by atoms with van der Waals surface area (Å²) < 4.78 is 0. The van der Waals surface area contributed by atoms with E-state index in [4.69, 9.17) is 0 Å². The van der Waals surface area contributed by atoms with Gasteiger partial charge < -0.3 is 10.2 Å². The molecule has 3 rings (SSSR count). The van der Waals surface area contributed by atoms with E-state index in [1.165, 1.54) is 6.07 Å². The third kappa shape index (κ3) is 2.80. The van der Waals surface area contributed by atoms with Gasteiger partial charge in [-0.3, -0.25) is 10.1 Å². The van der Waals surface area contributed by atoms with E-state index in [1.54, 1.807) is 34.4 Å². The fourth-order valence-electron chi connectivity index (χ4n) is 2.71. The molecular formula is C15H15N3O3S. The molecule has 1 fully saturated rings. The first kappa shape index (κ1) is 14.5. The Balaban J connectivity index is 1.79. The number of hydrogen-bond acceptors (Lipinski definition) is 4. The molecule has 7 heteroatoms. The highest BCUT2D eigenvalue weighted by molar-refractivity contribution is 7.10. The molecule has 0 unspecified atom stereocenters. The Morgan fingerprint density at radius 3 is 2.86 bits per heavy atom. The van der Waals surface area contributed by atoms with Crippen LogP contribution in [0.2, 0.25) is 0 Å². The van der Waals surface area contributed by atoms with Crippen molar-refractivity contribution < 1.29 is 9.72 Å². The largest absolute Gasteiger partial charge is 0.322 e. The van der Waals surface area contributed by atoms with Crippen LogP contribution in [0, 0.1) is 10.1 Å². The summed E-state index contributed by atoms with van der Waals surface area (Å²) in [6.45, 7) is 0.662. The standard InChI is InChI=1S/C15H15N3O3S/c19-15(16-11-5-1-2-6-12(11)18(20)21)17-9-3-7-13(17)14-8-4-10-22-14/h1-2,4-6,8,10,13H,3,7,9H2,(H,16,19)/t13-/m1/s1. The summed E-state index contributed by atoms with van der Waals surface area (Å²) in [6, 6.07) is 9.94. The number of amides is 2. The molecule has 1 aliphatic rings. The lowest BCUT2D eigenvalue weighted by Crippen LogP contribution is -2.34. The minimum Gasteiger partial charge on any atom is -0.317 e. The van der Waals surface area contributed by atoms with Gasteiger partial charge in [-0.05, 0) is 30.4 Å². The molecule has 1 aromatic carbocycles. The zero-order chi connectivity index (χ0) is 15.5. The Bertz CT molecular complexity index is 687. The van der Waals surface area contributed by atoms with Gasteiger partial charge in [0.05, 0.1) is 11.0 Å². The number of para-hydroxylation sites is 2. The van der Waals surface area contributed by atoms with Gasteiger partial charge in [-0.15, -0.1) is 11.3 Å². The first-order valence-corrected chi connectivity index (χ1v) is 7.89. The molecule has 0 aliphatic carbocycles. The average Bonchev–Trinajstić information content (AvgIpc) is 3.18. The number of nitro groups is 1. The summed E-state index contributed by atoms with van der Waals surface area (Å²) in [5, 5.41) is 15.7. The second-order valence-corrected chi connectivity index (χ2v) is 6.05. The average molecular weight is 317 g/mol. The molecule has 1 N–H and O–H groups in total. The van der Waals surface area contributed by atoms with Crippen molar-refractivity contribution in [3.63, 3.8) is 0 Å². The monoisotopic (exact) mass is 317 g/mol. The molecule has 22 heavy (non-hydrogen) atoms. The second kappa shape index (κ2) is 6.15. The number of nitrogens with one attached hydrogen (secondary N) is 1. The Morgan fingerprint density at radius 2 is 2.14 bits per heavy atom. The van der Waals surface area contributed by atoms with Crippen LogP contribution < -0.4 is 5.32 Å². The lowest BCUT2D eigenvalue weighted by Gasteiger charge is -2.24. The molecule has 0 bridgehead atoms. The van der Waals surface area contributed by atoms with Crippen molar-refractivity contribution in [2.24, 2.45) is 0 Å². The van der Waals surface area contributed by atoms with E-state index in [0.29, 0.717) is 6.54 Å². The van der Waals surface area contributed by atoms with Crippen molar-refractivity contribution in [3.8, 4) is 0 Å². The number of anilines is 1. The van der Waals surface area contributed by atoms with Gasteiger partial charge in [0.15, 0.2) is 0 Å². The van der Waals surface area contributed by atoms with E-state index >= 15 is 0 Å². The van der Waals surface area contributed by atoms with E-state index in [1.807, 2.05) is 17.5 Å². The quantitative estimate of drug-likeness (QED) is 0.686. The van der Waals surface area contributed by atoms with Crippen molar-refractivity contribution in [3.05, 3.63) is 56.8 Å². The number of nitro benzene ring substituents is 1. The third-order valence-corrected chi connectivity index (χ3v) is 4.70. The van der Waals surface area contributed by atoms with Gasteiger partial charge in [-0.25, -0.2) is 4.79 Å². The lowest BCUT2D eigenvalue weighted by atomic mass is 10.2. The Labute approximate surface area is 131 Å². The summed E-state index contributed by atoms with van der Waals surface area (Å²) in [6.07, 6.45) is 1.86. The lowest BCUT2D eigenvalue weighted by molar-refractivity contribution is -0.383. The molecule has 1 saturated heterocycles. The number of rotatable bonds is 3. The molecule has 2 heterocycles. The highest BCUT2D eigenvalue weighted by Crippen LogP contribution is 2.35. The van der Waals surface area contributed by atoms with Gasteiger partial charge >= 0.3 is 6.03 Å². The van der Waals surface area contributed by atoms with Crippen LogP contribution in [0.4, 0.5) is 16.2 Å². The first-order valence-electron chi connectivity index (χ1n) is 7.01. The van der Waals surface area contributed by atoms with Crippen LogP contribution >= 0.6 is 11.3 Å². The first-order chi connectivity index (χ1) is 10.7. The highest BCUT2D eigenvalue weighted by atomic mass is 32.1. The summed E-state index contributed by atoms with van der Waals surface area (Å²) in [5.74, 6) is 0. The fraction of sp³-hybridized carbons (Fsp3) is 0.267. The van der Waals surface area contributed by atoms with Gasteiger partial charge in [-0.2, -0.15) is 0 Å². The molecule has 6 nitrogen and oxygen atoms in total. The SMILES string of the molecule is O=C(Nc1ccccc1[N+](=O)[O-])N1CCC[C@@H]1c1cccs1. The number of urea groups is 1. The maximum Gasteiger partial charge on any atom is 0.322 e. The zero-order valence-corrected chi connectivity index (χ0v) is 12.6. The molecule has 2 amide bonds. The summed E-state index contributed by atoms with van der Waals surface area (Å²) in [7, 11) is 0. The third-order valence-electron chi connectivity index (χ3n) is 3.73. The van der Waals surface area contributed by atoms with Crippen LogP contribution in [-0.4, -0.2) is 22.4 Å². The minimum atomic E-state index is -0.490. The second-order valence-electron chi connectivity index (χ2n) is 5.07. The predicted molar refractivity (Wildman–Crippen MR) is 85.1 cm³/mol. The highest BCUT2D eigenvalue weighted by Gasteiger charge is 2.31. The van der Waals surface area contributed by atoms with Crippen molar-refractivity contribution >= 4 is 28.7 Å². The Morgan fingerprint density at radius 1 is 1.32 bits per heavy atom. The van der Waals surface area contributed by atoms with Crippen LogP contribution in [0.3, 0.4) is 0 Å². The van der Waals surface area contributed by atoms with Crippen LogP contribution in [-0.2, 0) is 0 Å². The maximum atomic E-state index is 12.5. The molecule has 1 aliphatic heterocycles. The van der Waals surface area contributed by atoms with Gasteiger partial charge in [0.25, 0.3) is 5.69 Å². The molecular weight excluding hydrogens is 302 g/mol. The van der Waals surface area contributed by atoms with Gasteiger partial charge in [-0.1, -0.05) is 18.2 Å². The van der Waals surface area contributed by atoms with E-state index in [0.717, 1.165) is 17.7 Å². The van der Waals surface area contributed by atoms with Gasteiger partial charge in [0, 0.05) is 17.5 Å². The van der Waals surface area contributed by atoms with Crippen LogP contribution in [0.1, 0.15) is 23.8 Å². The molecule has 0 saturated carbocycles. The van der Waals surface area contributed by atoms with Crippen molar-refractivity contribution in [1.29, 1.82) is 0 Å². The van der Waals surface area contributed by atoms with Gasteiger partial charge in [0.2, 0.25) is 0 Å². The number of hydrogen-bond donors (Lipinski definition) is 1. The molecule has 0 spiro atoms. The topological polar surface area (TPSA) is 75.5 Å². The summed E-state index contributed by atoms with van der Waals surface area (Å²) in [5.41, 5.74) is 0.136. The molecule has 114 valence electrons. The van der Waals surface area contributed by atoms with Crippen molar-refractivity contribution in [2.45, 2.75) is 18.9 Å². The normalized spacial score (nSPS) is 17.5. The minimum absolute atomic E-state index is 0.0581. The van der Waals surface area contributed by atoms with E-state index in [9.17, 15) is 14.9 Å². The Kier molecular flexibility index (Phi) is 4.06. The molecule has 1 aromatic heterocycles. The molecule has 0 radical (unpaired) electrons. The fourth-order valence-corrected chi connectivity index (χ4v) is 3.59. The zero-order valence-electron chi connectivity index (χ0n) is 11.8. The molecule has 1 atom stereocenters. The van der Waals surface area contributed by atoms with Crippen LogP contribution in [0.5, 0.6) is 0 Å². The van der Waals surface area contributed by atoms with Crippen molar-refractivity contribution in [2.75, 3.05) is 11.9 Å². The van der Waals surface area contributed by atoms with Gasteiger partial charge in [0.1, 0.15) is 5.69 Å². The number of carbonyl (C=O) groups is 1. The number of thiophene rings is 1. The van der Waals surface area contributed by atoms with E-state index in [-0.39, 0.29) is 23.4 Å². The van der Waals surface area contributed by atoms with Crippen molar-refractivity contribution in [1.82, 2.24) is 4.90 Å². The van der Waals surface area contributed by atoms with E-state index in [2.05, 4.69) is 5.32 Å². The number of benzene rings is 1. The number of carbonyl (C=O) groups excluding carboxylic acids is 1. The smallest absolute Gasteiger partial charge is 0.317 e. The summed E-state index contributed by atoms with van der Waals surface area (Å²) >= 11 is 1.63. The Hall–Kier alpha value is -2.41. The predicted octanol–water partition coefficient (Wildman–Crippen LogP) is 4.03. The van der Waals surface area contributed by atoms with E-state index < -0.39 is 4.92 Å². The van der Waals surface area contributed by atoms with Crippen LogP contribution in [0.25, 0.3) is 0 Å².